The maximum Gasteiger partial charge on any atom is 0.0662 e. The lowest BCUT2D eigenvalue weighted by Crippen LogP contribution is -2.31. The summed E-state index contributed by atoms with van der Waals surface area (Å²) in [6, 6.07) is 2.34. The van der Waals surface area contributed by atoms with Crippen LogP contribution in [0.3, 0.4) is 0 Å². The number of allylic oxidation sites excluding steroid dienone is 1. The number of nitriles is 1. The van der Waals surface area contributed by atoms with Crippen LogP contribution in [0.5, 0.6) is 0 Å². The summed E-state index contributed by atoms with van der Waals surface area (Å²) >= 11 is 0. The highest BCUT2D eigenvalue weighted by molar-refractivity contribution is 5.16. The number of nitrogens with zero attached hydrogens (tertiary/aromatic N) is 1. The van der Waals surface area contributed by atoms with E-state index < -0.39 is 0 Å². The lowest BCUT2D eigenvalue weighted by molar-refractivity contribution is 0.104. The average molecular weight is 177 g/mol. The Morgan fingerprint density at radius 3 is 3.08 bits per heavy atom. The molecule has 0 aromatic heterocycles. The number of aliphatic hydroxyl groups is 1. The van der Waals surface area contributed by atoms with E-state index in [0.29, 0.717) is 6.42 Å². The quantitative estimate of drug-likeness (QED) is 0.574. The molecule has 0 aliphatic heterocycles. The predicted molar refractivity (Wildman–Crippen MR) is 49.7 cm³/mol. The molecule has 0 spiro atoms. The van der Waals surface area contributed by atoms with Gasteiger partial charge >= 0.3 is 0 Å². The molecule has 2 aliphatic carbocycles. The fourth-order valence-corrected chi connectivity index (χ4v) is 2.86. The zero-order chi connectivity index (χ0) is 9.47. The minimum Gasteiger partial charge on any atom is -0.392 e. The number of hydrogen-bond donors (Lipinski definition) is 1. The lowest BCUT2D eigenvalue weighted by Gasteiger charge is -2.35. The van der Waals surface area contributed by atoms with Crippen molar-refractivity contribution in [3.63, 3.8) is 0 Å². The Morgan fingerprint density at radius 2 is 2.38 bits per heavy atom. The third kappa shape index (κ3) is 1.11. The van der Waals surface area contributed by atoms with Crippen molar-refractivity contribution in [3.05, 3.63) is 12.2 Å². The number of aliphatic hydroxyl groups excluding tert-OH is 1. The molecule has 0 bridgehead atoms. The largest absolute Gasteiger partial charge is 0.392 e. The first kappa shape index (κ1) is 8.77. The fraction of sp³-hybridized carbons (Fsp3) is 0.727. The topological polar surface area (TPSA) is 44.0 Å². The smallest absolute Gasteiger partial charge is 0.0662 e. The van der Waals surface area contributed by atoms with Gasteiger partial charge in [0.1, 0.15) is 0 Å². The van der Waals surface area contributed by atoms with Crippen molar-refractivity contribution in [1.29, 1.82) is 5.26 Å². The molecule has 0 heterocycles. The van der Waals surface area contributed by atoms with Gasteiger partial charge in [0.25, 0.3) is 0 Å². The molecule has 0 aromatic carbocycles. The number of rotatable bonds is 0. The first-order valence-electron chi connectivity index (χ1n) is 4.93. The Kier molecular flexibility index (Phi) is 1.92. The summed E-state index contributed by atoms with van der Waals surface area (Å²) in [5.74, 6) is 0.253. The molecule has 0 saturated heterocycles. The summed E-state index contributed by atoms with van der Waals surface area (Å²) in [6.45, 7) is 2.14. The molecular formula is C11H15NO. The molecule has 1 fully saturated rings. The molecule has 1 saturated carbocycles. The Hall–Kier alpha value is -0.810. The van der Waals surface area contributed by atoms with Crippen LogP contribution < -0.4 is 0 Å². The molecule has 0 amide bonds. The van der Waals surface area contributed by atoms with Gasteiger partial charge in [-0.1, -0.05) is 19.1 Å². The monoisotopic (exact) mass is 177 g/mol. The normalized spacial score (nSPS) is 48.5. The van der Waals surface area contributed by atoms with Gasteiger partial charge in [0.05, 0.1) is 18.1 Å². The van der Waals surface area contributed by atoms with Crippen LogP contribution in [0.25, 0.3) is 0 Å². The van der Waals surface area contributed by atoms with Gasteiger partial charge in [0.15, 0.2) is 0 Å². The first-order chi connectivity index (χ1) is 6.18. The van der Waals surface area contributed by atoms with E-state index in [4.69, 9.17) is 5.26 Å². The number of hydrogen-bond acceptors (Lipinski definition) is 2. The van der Waals surface area contributed by atoms with E-state index in [1.54, 1.807) is 0 Å². The standard InChI is InChI=1S/C11H15NO/c1-11-5-3-2-4-9(11)10(13)6-8(11)7-12/h2,4,8-10,13H,3,5-6H2,1H3/t8-,9+,10+,11-/m1/s1. The van der Waals surface area contributed by atoms with E-state index in [-0.39, 0.29) is 23.4 Å². The molecule has 2 nitrogen and oxygen atoms in total. The van der Waals surface area contributed by atoms with Crippen LogP contribution >= 0.6 is 0 Å². The SMILES string of the molecule is C[C@]12CCC=C[C@H]1[C@@H](O)C[C@@H]2C#N. The second-order valence-electron chi connectivity index (χ2n) is 4.48. The zero-order valence-corrected chi connectivity index (χ0v) is 7.90. The predicted octanol–water partition coefficient (Wildman–Crippen LogP) is 1.86. The fourth-order valence-electron chi connectivity index (χ4n) is 2.86. The second kappa shape index (κ2) is 2.85. The van der Waals surface area contributed by atoms with Gasteiger partial charge in [-0.05, 0) is 24.7 Å². The second-order valence-corrected chi connectivity index (χ2v) is 4.48. The van der Waals surface area contributed by atoms with Crippen molar-refractivity contribution in [2.24, 2.45) is 17.3 Å². The van der Waals surface area contributed by atoms with Gasteiger partial charge in [-0.25, -0.2) is 0 Å². The van der Waals surface area contributed by atoms with Crippen LogP contribution in [-0.2, 0) is 0 Å². The van der Waals surface area contributed by atoms with Gasteiger partial charge in [0.2, 0.25) is 0 Å². The van der Waals surface area contributed by atoms with Crippen LogP contribution in [-0.4, -0.2) is 11.2 Å². The van der Waals surface area contributed by atoms with Crippen molar-refractivity contribution in [2.75, 3.05) is 0 Å². The molecule has 1 N–H and O–H groups in total. The van der Waals surface area contributed by atoms with E-state index in [2.05, 4.69) is 25.1 Å². The van der Waals surface area contributed by atoms with Crippen molar-refractivity contribution < 1.29 is 5.11 Å². The number of fused-ring (bicyclic) bond motifs is 1. The Bertz CT molecular complexity index is 278. The van der Waals surface area contributed by atoms with Gasteiger partial charge in [-0.2, -0.15) is 5.26 Å². The van der Waals surface area contributed by atoms with E-state index in [1.165, 1.54) is 0 Å². The Labute approximate surface area is 78.9 Å². The third-order valence-corrected chi connectivity index (χ3v) is 3.80. The van der Waals surface area contributed by atoms with Crippen molar-refractivity contribution >= 4 is 0 Å². The highest BCUT2D eigenvalue weighted by Gasteiger charge is 2.51. The third-order valence-electron chi connectivity index (χ3n) is 3.80. The van der Waals surface area contributed by atoms with E-state index >= 15 is 0 Å². The molecule has 0 radical (unpaired) electrons. The lowest BCUT2D eigenvalue weighted by atomic mass is 9.68. The Balaban J connectivity index is 2.34. The minimum absolute atomic E-state index is 0.0307. The van der Waals surface area contributed by atoms with Gasteiger partial charge < -0.3 is 5.11 Å². The van der Waals surface area contributed by atoms with Crippen LogP contribution in [0.15, 0.2) is 12.2 Å². The van der Waals surface area contributed by atoms with E-state index in [9.17, 15) is 5.11 Å². The molecular weight excluding hydrogens is 162 g/mol. The van der Waals surface area contributed by atoms with Crippen LogP contribution in [0.2, 0.25) is 0 Å². The molecule has 2 heteroatoms. The molecule has 70 valence electrons. The summed E-state index contributed by atoms with van der Waals surface area (Å²) < 4.78 is 0. The maximum atomic E-state index is 9.79. The molecule has 0 unspecified atom stereocenters. The van der Waals surface area contributed by atoms with Crippen LogP contribution in [0, 0.1) is 28.6 Å². The summed E-state index contributed by atoms with van der Waals surface area (Å²) in [6.07, 6.45) is 6.69. The molecule has 13 heavy (non-hydrogen) atoms. The van der Waals surface area contributed by atoms with Gasteiger partial charge in [-0.3, -0.25) is 0 Å². The first-order valence-corrected chi connectivity index (χ1v) is 4.93. The summed E-state index contributed by atoms with van der Waals surface area (Å²) in [5, 5.41) is 18.8. The van der Waals surface area contributed by atoms with Gasteiger partial charge in [-0.15, -0.1) is 0 Å². The van der Waals surface area contributed by atoms with Gasteiger partial charge in [0, 0.05) is 5.92 Å². The highest BCUT2D eigenvalue weighted by Crippen LogP contribution is 2.52. The summed E-state index contributed by atoms with van der Waals surface area (Å²) in [7, 11) is 0. The maximum absolute atomic E-state index is 9.79. The zero-order valence-electron chi connectivity index (χ0n) is 7.90. The molecule has 0 aromatic rings. The van der Waals surface area contributed by atoms with Crippen LogP contribution in [0.1, 0.15) is 26.2 Å². The molecule has 4 atom stereocenters. The Morgan fingerprint density at radius 1 is 1.62 bits per heavy atom. The van der Waals surface area contributed by atoms with Crippen molar-refractivity contribution in [3.8, 4) is 6.07 Å². The van der Waals surface area contributed by atoms with Crippen molar-refractivity contribution in [1.82, 2.24) is 0 Å². The molecule has 2 aliphatic rings. The highest BCUT2D eigenvalue weighted by atomic mass is 16.3. The minimum atomic E-state index is -0.300. The van der Waals surface area contributed by atoms with Crippen LogP contribution in [0.4, 0.5) is 0 Å². The average Bonchev–Trinajstić information content (AvgIpc) is 2.38. The molecule has 2 rings (SSSR count). The summed E-state index contributed by atoms with van der Waals surface area (Å²) in [5.41, 5.74) is 0.0307. The van der Waals surface area contributed by atoms with Crippen molar-refractivity contribution in [2.45, 2.75) is 32.3 Å². The van der Waals surface area contributed by atoms with E-state index in [1.807, 2.05) is 0 Å². The summed E-state index contributed by atoms with van der Waals surface area (Å²) in [4.78, 5) is 0. The van der Waals surface area contributed by atoms with E-state index in [0.717, 1.165) is 12.8 Å².